The summed E-state index contributed by atoms with van der Waals surface area (Å²) in [5, 5.41) is 0.694. The summed E-state index contributed by atoms with van der Waals surface area (Å²) in [6, 6.07) is 9.30. The number of imidazole rings is 1. The molecule has 31 heavy (non-hydrogen) atoms. The lowest BCUT2D eigenvalue weighted by molar-refractivity contribution is 0.0698. The van der Waals surface area contributed by atoms with Crippen molar-refractivity contribution in [1.29, 1.82) is 0 Å². The van der Waals surface area contributed by atoms with Crippen LogP contribution in [0.4, 0.5) is 0 Å². The lowest BCUT2D eigenvalue weighted by atomic mass is 10.2. The number of hydrogen-bond acceptors (Lipinski definition) is 4. The highest BCUT2D eigenvalue weighted by Crippen LogP contribution is 2.25. The molecule has 164 valence electrons. The molecule has 1 aromatic heterocycles. The fourth-order valence-electron chi connectivity index (χ4n) is 3.76. The molecule has 0 radical (unpaired) electrons. The molecular formula is C20H20Cl2N4O4S. The van der Waals surface area contributed by atoms with Crippen LogP contribution in [0.15, 0.2) is 46.1 Å². The van der Waals surface area contributed by atoms with Crippen molar-refractivity contribution in [3.63, 3.8) is 0 Å². The first-order valence-electron chi connectivity index (χ1n) is 9.51. The Labute approximate surface area is 189 Å². The Morgan fingerprint density at radius 2 is 1.55 bits per heavy atom. The number of aromatic nitrogens is 2. The molecule has 1 fully saturated rings. The molecule has 4 rings (SSSR count). The van der Waals surface area contributed by atoms with Gasteiger partial charge in [-0.2, -0.15) is 4.31 Å². The van der Waals surface area contributed by atoms with Crippen molar-refractivity contribution in [1.82, 2.24) is 18.3 Å². The van der Waals surface area contributed by atoms with Crippen molar-refractivity contribution in [2.24, 2.45) is 14.1 Å². The van der Waals surface area contributed by atoms with Gasteiger partial charge in [-0.3, -0.25) is 13.9 Å². The van der Waals surface area contributed by atoms with Crippen LogP contribution in [0.2, 0.25) is 10.0 Å². The molecular weight excluding hydrogens is 463 g/mol. The Morgan fingerprint density at radius 1 is 0.903 bits per heavy atom. The van der Waals surface area contributed by atoms with Gasteiger partial charge in [0.25, 0.3) is 5.91 Å². The molecule has 0 saturated carbocycles. The lowest BCUT2D eigenvalue weighted by Gasteiger charge is -2.34. The number of halogens is 2. The standard InChI is InChI=1S/C20H20Cl2N4O4S/c1-23-17-6-4-14(12-18(17)24(2)20(23)28)31(29,30)26-9-7-25(8-10-26)19(27)15-5-3-13(21)11-16(15)22/h3-6,11-12H,7-10H2,1-2H3. The van der Waals surface area contributed by atoms with E-state index < -0.39 is 10.0 Å². The summed E-state index contributed by atoms with van der Waals surface area (Å²) in [6.45, 7) is 0.794. The highest BCUT2D eigenvalue weighted by Gasteiger charge is 2.31. The third-order valence-corrected chi connectivity index (χ3v) is 8.01. The van der Waals surface area contributed by atoms with Gasteiger partial charge >= 0.3 is 5.69 Å². The van der Waals surface area contributed by atoms with E-state index in [9.17, 15) is 18.0 Å². The minimum atomic E-state index is -3.77. The zero-order chi connectivity index (χ0) is 22.5. The Balaban J connectivity index is 1.54. The number of rotatable bonds is 3. The molecule has 2 aromatic carbocycles. The molecule has 8 nitrogen and oxygen atoms in total. The van der Waals surface area contributed by atoms with Crippen LogP contribution in [0.1, 0.15) is 10.4 Å². The van der Waals surface area contributed by atoms with Crippen molar-refractivity contribution in [3.05, 3.63) is 62.5 Å². The summed E-state index contributed by atoms with van der Waals surface area (Å²) >= 11 is 12.0. The summed E-state index contributed by atoms with van der Waals surface area (Å²) in [4.78, 5) is 26.6. The quantitative estimate of drug-likeness (QED) is 0.573. The molecule has 3 aromatic rings. The molecule has 0 unspecified atom stereocenters. The van der Waals surface area contributed by atoms with E-state index in [1.54, 1.807) is 37.2 Å². The van der Waals surface area contributed by atoms with E-state index in [1.807, 2.05) is 0 Å². The van der Waals surface area contributed by atoms with Crippen LogP contribution in [0.5, 0.6) is 0 Å². The number of aryl methyl sites for hydroxylation is 2. The lowest BCUT2D eigenvalue weighted by Crippen LogP contribution is -2.50. The first kappa shape index (κ1) is 21.9. The van der Waals surface area contributed by atoms with Gasteiger partial charge in [0.1, 0.15) is 0 Å². The van der Waals surface area contributed by atoms with Crippen molar-refractivity contribution in [3.8, 4) is 0 Å². The van der Waals surface area contributed by atoms with Gasteiger partial charge in [-0.15, -0.1) is 0 Å². The zero-order valence-electron chi connectivity index (χ0n) is 16.9. The third-order valence-electron chi connectivity index (χ3n) is 5.57. The maximum absolute atomic E-state index is 13.2. The predicted molar refractivity (Wildman–Crippen MR) is 119 cm³/mol. The maximum Gasteiger partial charge on any atom is 0.328 e. The van der Waals surface area contributed by atoms with Gasteiger partial charge in [-0.1, -0.05) is 23.2 Å². The number of carbonyl (C=O) groups excluding carboxylic acids is 1. The average molecular weight is 483 g/mol. The summed E-state index contributed by atoms with van der Waals surface area (Å²) in [6.07, 6.45) is 0. The van der Waals surface area contributed by atoms with Crippen LogP contribution in [0, 0.1) is 0 Å². The van der Waals surface area contributed by atoms with Crippen LogP contribution in [-0.2, 0) is 24.1 Å². The smallest absolute Gasteiger partial charge is 0.328 e. The van der Waals surface area contributed by atoms with Gasteiger partial charge in [-0.25, -0.2) is 13.2 Å². The number of piperazine rings is 1. The number of benzene rings is 2. The van der Waals surface area contributed by atoms with Crippen LogP contribution in [0.25, 0.3) is 11.0 Å². The van der Waals surface area contributed by atoms with Crippen LogP contribution in [-0.4, -0.2) is 58.8 Å². The number of amides is 1. The number of hydrogen-bond donors (Lipinski definition) is 0. The molecule has 1 saturated heterocycles. The van der Waals surface area contributed by atoms with Gasteiger partial charge in [0.15, 0.2) is 0 Å². The Hall–Kier alpha value is -2.33. The number of carbonyl (C=O) groups is 1. The summed E-state index contributed by atoms with van der Waals surface area (Å²) in [5.74, 6) is -0.264. The fourth-order valence-corrected chi connectivity index (χ4v) is 5.69. The van der Waals surface area contributed by atoms with Gasteiger partial charge in [0.2, 0.25) is 10.0 Å². The summed E-state index contributed by atoms with van der Waals surface area (Å²) in [5.41, 5.74) is 1.30. The number of sulfonamides is 1. The van der Waals surface area contributed by atoms with Crippen molar-refractivity contribution in [2.75, 3.05) is 26.2 Å². The van der Waals surface area contributed by atoms with E-state index in [0.29, 0.717) is 21.6 Å². The van der Waals surface area contributed by atoms with Crippen LogP contribution >= 0.6 is 23.2 Å². The first-order chi connectivity index (χ1) is 14.6. The van der Waals surface area contributed by atoms with E-state index in [-0.39, 0.29) is 47.7 Å². The predicted octanol–water partition coefficient (Wildman–Crippen LogP) is 2.33. The second-order valence-electron chi connectivity index (χ2n) is 7.37. The Kier molecular flexibility index (Phi) is 5.63. The van der Waals surface area contributed by atoms with Gasteiger partial charge < -0.3 is 4.90 Å². The third kappa shape index (κ3) is 3.76. The molecule has 11 heteroatoms. The maximum atomic E-state index is 13.2. The molecule has 1 amide bonds. The number of fused-ring (bicyclic) bond motifs is 1. The normalized spacial score (nSPS) is 15.5. The first-order valence-corrected chi connectivity index (χ1v) is 11.7. The van der Waals surface area contributed by atoms with E-state index in [1.165, 1.54) is 31.6 Å². The average Bonchev–Trinajstić information content (AvgIpc) is 2.97. The molecule has 0 spiro atoms. The summed E-state index contributed by atoms with van der Waals surface area (Å²) in [7, 11) is -0.529. The molecule has 0 bridgehead atoms. The largest absolute Gasteiger partial charge is 0.336 e. The zero-order valence-corrected chi connectivity index (χ0v) is 19.2. The van der Waals surface area contributed by atoms with Gasteiger partial charge in [-0.05, 0) is 36.4 Å². The van der Waals surface area contributed by atoms with Crippen molar-refractivity contribution >= 4 is 50.2 Å². The monoisotopic (exact) mass is 482 g/mol. The molecule has 2 heterocycles. The Morgan fingerprint density at radius 3 is 2.19 bits per heavy atom. The number of nitrogens with zero attached hydrogens (tertiary/aromatic N) is 4. The van der Waals surface area contributed by atoms with E-state index in [2.05, 4.69) is 0 Å². The van der Waals surface area contributed by atoms with Crippen LogP contribution < -0.4 is 5.69 Å². The van der Waals surface area contributed by atoms with Gasteiger partial charge in [0.05, 0.1) is 26.5 Å². The van der Waals surface area contributed by atoms with Gasteiger partial charge in [0, 0.05) is 45.3 Å². The molecule has 1 aliphatic heterocycles. The fraction of sp³-hybridized carbons (Fsp3) is 0.300. The van der Waals surface area contributed by atoms with E-state index in [0.717, 1.165) is 0 Å². The van der Waals surface area contributed by atoms with E-state index >= 15 is 0 Å². The van der Waals surface area contributed by atoms with Crippen LogP contribution in [0.3, 0.4) is 0 Å². The second-order valence-corrected chi connectivity index (χ2v) is 10.2. The van der Waals surface area contributed by atoms with Crippen molar-refractivity contribution in [2.45, 2.75) is 4.90 Å². The minimum absolute atomic E-state index is 0.113. The summed E-state index contributed by atoms with van der Waals surface area (Å²) < 4.78 is 30.6. The van der Waals surface area contributed by atoms with E-state index in [4.69, 9.17) is 23.2 Å². The topological polar surface area (TPSA) is 84.6 Å². The highest BCUT2D eigenvalue weighted by atomic mass is 35.5. The molecule has 1 aliphatic rings. The highest BCUT2D eigenvalue weighted by molar-refractivity contribution is 7.89. The second kappa shape index (κ2) is 7.98. The van der Waals surface area contributed by atoms with Crippen molar-refractivity contribution < 1.29 is 13.2 Å². The molecule has 0 atom stereocenters. The molecule has 0 aliphatic carbocycles. The minimum Gasteiger partial charge on any atom is -0.336 e. The Bertz CT molecular complexity index is 1360. The SMILES string of the molecule is Cn1c(=O)n(C)c2cc(S(=O)(=O)N3CCN(C(=O)c4ccc(Cl)cc4Cl)CC3)ccc21. The molecule has 0 N–H and O–H groups in total.